The van der Waals surface area contributed by atoms with Gasteiger partial charge < -0.3 is 15.8 Å². The lowest BCUT2D eigenvalue weighted by molar-refractivity contribution is 0.414. The first-order valence-electron chi connectivity index (χ1n) is 10.0. The molecule has 2 aromatic carbocycles. The molecule has 4 N–H and O–H groups in total. The number of anilines is 1. The van der Waals surface area contributed by atoms with E-state index in [1.165, 1.54) is 28.8 Å². The third-order valence-corrected chi connectivity index (χ3v) is 4.81. The summed E-state index contributed by atoms with van der Waals surface area (Å²) in [6, 6.07) is 12.8. The predicted octanol–water partition coefficient (Wildman–Crippen LogP) is 1.78. The molecule has 1 aromatic heterocycles. The van der Waals surface area contributed by atoms with Crippen molar-refractivity contribution in [2.24, 2.45) is 5.73 Å². The highest BCUT2D eigenvalue weighted by atomic mass is 19.1. The van der Waals surface area contributed by atoms with Crippen LogP contribution in [0.1, 0.15) is 24.0 Å². The molecule has 0 radical (unpaired) electrons. The maximum absolute atomic E-state index is 13.2. The molecule has 0 unspecified atom stereocenters. The number of halogens is 1. The molecule has 0 fully saturated rings. The van der Waals surface area contributed by atoms with E-state index in [1.807, 2.05) is 12.1 Å². The summed E-state index contributed by atoms with van der Waals surface area (Å²) in [6.45, 7) is 0.531. The molecule has 0 amide bonds. The van der Waals surface area contributed by atoms with Crippen molar-refractivity contribution in [3.63, 3.8) is 0 Å². The van der Waals surface area contributed by atoms with Gasteiger partial charge >= 0.3 is 11.4 Å². The van der Waals surface area contributed by atoms with Crippen LogP contribution in [0.3, 0.4) is 0 Å². The summed E-state index contributed by atoms with van der Waals surface area (Å²) in [5, 5.41) is 10.3. The number of nitrogens with two attached hydrogens (primary N) is 1. The maximum Gasteiger partial charge on any atom is 0.355 e. The lowest BCUT2D eigenvalue weighted by Crippen LogP contribution is -2.43. The number of benzene rings is 2. The zero-order chi connectivity index (χ0) is 23.1. The predicted molar refractivity (Wildman–Crippen MR) is 120 cm³/mol. The van der Waals surface area contributed by atoms with E-state index < -0.39 is 17.2 Å². The maximum atomic E-state index is 13.2. The van der Waals surface area contributed by atoms with Crippen molar-refractivity contribution in [3.05, 3.63) is 86.4 Å². The van der Waals surface area contributed by atoms with Gasteiger partial charge in [0.1, 0.15) is 11.6 Å². The Bertz CT molecular complexity index is 1190. The molecule has 0 atom stereocenters. The Morgan fingerprint density at radius 3 is 2.25 bits per heavy atom. The van der Waals surface area contributed by atoms with Crippen molar-refractivity contribution in [3.8, 4) is 5.75 Å². The third kappa shape index (κ3) is 5.81. The van der Waals surface area contributed by atoms with Crippen molar-refractivity contribution < 1.29 is 9.13 Å². The molecule has 9 nitrogen and oxygen atoms in total. The molecule has 1 heterocycles. The summed E-state index contributed by atoms with van der Waals surface area (Å²) < 4.78 is 20.8. The van der Waals surface area contributed by atoms with Gasteiger partial charge in [0.2, 0.25) is 5.95 Å². The third-order valence-electron chi connectivity index (χ3n) is 4.81. The molecule has 0 aliphatic rings. The van der Waals surface area contributed by atoms with Gasteiger partial charge in [0, 0.05) is 13.0 Å². The molecule has 0 spiro atoms. The van der Waals surface area contributed by atoms with E-state index in [0.717, 1.165) is 10.1 Å². The Labute approximate surface area is 183 Å². The topological polar surface area (TPSA) is 128 Å². The molecule has 0 bridgehead atoms. The van der Waals surface area contributed by atoms with Crippen molar-refractivity contribution >= 4 is 11.8 Å². The standard InChI is InChI=1S/C22H25FN6O3/c1-32-18-10-6-16(7-11-18)13-28-20(26-12-2-3-19(24)25)27-21(30)29(22(28)31)14-15-4-8-17(23)9-5-15/h4-11H,2-3,12-14H2,1H3,(H3,24,25)(H,26,27,30). The summed E-state index contributed by atoms with van der Waals surface area (Å²) in [5.41, 5.74) is 5.54. The highest BCUT2D eigenvalue weighted by molar-refractivity contribution is 5.76. The Morgan fingerprint density at radius 2 is 1.66 bits per heavy atom. The highest BCUT2D eigenvalue weighted by Crippen LogP contribution is 2.13. The second kappa shape index (κ2) is 10.4. The number of rotatable bonds is 10. The van der Waals surface area contributed by atoms with E-state index in [1.54, 1.807) is 19.2 Å². The Balaban J connectivity index is 1.95. The molecule has 0 aliphatic carbocycles. The molecule has 10 heteroatoms. The summed E-state index contributed by atoms with van der Waals surface area (Å²) >= 11 is 0. The van der Waals surface area contributed by atoms with Crippen LogP contribution in [0.5, 0.6) is 5.75 Å². The largest absolute Gasteiger partial charge is 0.497 e. The van der Waals surface area contributed by atoms with Crippen LogP contribution in [-0.2, 0) is 13.1 Å². The first-order valence-corrected chi connectivity index (χ1v) is 10.0. The van der Waals surface area contributed by atoms with Gasteiger partial charge in [-0.2, -0.15) is 4.98 Å². The zero-order valence-corrected chi connectivity index (χ0v) is 17.7. The second-order valence-corrected chi connectivity index (χ2v) is 7.20. The Morgan fingerprint density at radius 1 is 1.06 bits per heavy atom. The fourth-order valence-electron chi connectivity index (χ4n) is 3.11. The van der Waals surface area contributed by atoms with Crippen molar-refractivity contribution in [2.75, 3.05) is 19.0 Å². The molecule has 32 heavy (non-hydrogen) atoms. The number of nitrogens with zero attached hydrogens (tertiary/aromatic N) is 3. The van der Waals surface area contributed by atoms with Gasteiger partial charge in [-0.15, -0.1) is 0 Å². The van der Waals surface area contributed by atoms with Crippen LogP contribution in [0.15, 0.2) is 58.1 Å². The van der Waals surface area contributed by atoms with Gasteiger partial charge in [0.05, 0.1) is 26.0 Å². The van der Waals surface area contributed by atoms with Crippen LogP contribution >= 0.6 is 0 Å². The lowest BCUT2D eigenvalue weighted by atomic mass is 10.2. The first kappa shape index (κ1) is 22.7. The van der Waals surface area contributed by atoms with Crippen LogP contribution in [0.4, 0.5) is 10.3 Å². The normalized spacial score (nSPS) is 10.7. The molecule has 0 saturated carbocycles. The van der Waals surface area contributed by atoms with Crippen LogP contribution in [-0.4, -0.2) is 33.6 Å². The van der Waals surface area contributed by atoms with Crippen LogP contribution in [0.25, 0.3) is 0 Å². The van der Waals surface area contributed by atoms with E-state index in [9.17, 15) is 14.0 Å². The SMILES string of the molecule is COc1ccc(Cn2c(NCCCC(=N)N)nc(=O)n(Cc3ccc(F)cc3)c2=O)cc1. The molecule has 0 aliphatic heterocycles. The molecule has 0 saturated heterocycles. The Kier molecular flexibility index (Phi) is 7.37. The average molecular weight is 440 g/mol. The summed E-state index contributed by atoms with van der Waals surface area (Å²) in [5.74, 6) is 0.476. The highest BCUT2D eigenvalue weighted by Gasteiger charge is 2.14. The van der Waals surface area contributed by atoms with E-state index in [0.29, 0.717) is 30.7 Å². The number of methoxy groups -OCH3 is 1. The molecule has 3 rings (SSSR count). The van der Waals surface area contributed by atoms with Crippen molar-refractivity contribution in [1.82, 2.24) is 14.1 Å². The van der Waals surface area contributed by atoms with E-state index in [-0.39, 0.29) is 24.9 Å². The molecule has 168 valence electrons. The quantitative estimate of drug-likeness (QED) is 0.250. The first-order chi connectivity index (χ1) is 15.4. The van der Waals surface area contributed by atoms with Gasteiger partial charge in [-0.05, 0) is 41.8 Å². The van der Waals surface area contributed by atoms with Crippen LogP contribution in [0.2, 0.25) is 0 Å². The summed E-state index contributed by atoms with van der Waals surface area (Å²) in [4.78, 5) is 29.9. The van der Waals surface area contributed by atoms with Crippen LogP contribution in [0, 0.1) is 11.2 Å². The minimum atomic E-state index is -0.709. The number of aromatic nitrogens is 3. The van der Waals surface area contributed by atoms with Crippen LogP contribution < -0.4 is 27.2 Å². The minimum Gasteiger partial charge on any atom is -0.497 e. The second-order valence-electron chi connectivity index (χ2n) is 7.20. The summed E-state index contributed by atoms with van der Waals surface area (Å²) in [7, 11) is 1.57. The number of ether oxygens (including phenoxy) is 1. The van der Waals surface area contributed by atoms with Crippen molar-refractivity contribution in [2.45, 2.75) is 25.9 Å². The molecule has 3 aromatic rings. The van der Waals surface area contributed by atoms with Gasteiger partial charge in [-0.1, -0.05) is 24.3 Å². The van der Waals surface area contributed by atoms with E-state index in [2.05, 4.69) is 10.3 Å². The minimum absolute atomic E-state index is 0.0296. The Hall–Kier alpha value is -3.95. The number of amidine groups is 1. The van der Waals surface area contributed by atoms with E-state index in [4.69, 9.17) is 15.9 Å². The number of hydrogen-bond acceptors (Lipinski definition) is 6. The van der Waals surface area contributed by atoms with E-state index >= 15 is 0 Å². The summed E-state index contributed by atoms with van der Waals surface area (Å²) in [6.07, 6.45) is 0.934. The van der Waals surface area contributed by atoms with Gasteiger partial charge in [-0.25, -0.2) is 18.5 Å². The fraction of sp³-hybridized carbons (Fsp3) is 0.273. The van der Waals surface area contributed by atoms with Gasteiger partial charge in [0.15, 0.2) is 0 Å². The van der Waals surface area contributed by atoms with Gasteiger partial charge in [-0.3, -0.25) is 9.98 Å². The molecular formula is C22H25FN6O3. The average Bonchev–Trinajstić information content (AvgIpc) is 2.78. The zero-order valence-electron chi connectivity index (χ0n) is 17.7. The monoisotopic (exact) mass is 440 g/mol. The van der Waals surface area contributed by atoms with Gasteiger partial charge in [0.25, 0.3) is 0 Å². The fourth-order valence-corrected chi connectivity index (χ4v) is 3.11. The smallest absolute Gasteiger partial charge is 0.355 e. The number of hydrogen-bond donors (Lipinski definition) is 3. The molecular weight excluding hydrogens is 415 g/mol. The number of nitrogens with one attached hydrogen (secondary N) is 2. The van der Waals surface area contributed by atoms with Crippen molar-refractivity contribution in [1.29, 1.82) is 5.41 Å². The lowest BCUT2D eigenvalue weighted by Gasteiger charge is -2.16.